The number of benzene rings is 2. The van der Waals surface area contributed by atoms with E-state index in [0.717, 1.165) is 35.5 Å². The predicted octanol–water partition coefficient (Wildman–Crippen LogP) is 7.31. The van der Waals surface area contributed by atoms with Crippen LogP contribution in [0.15, 0.2) is 41.3 Å². The fraction of sp³-hybridized carbons (Fsp3) is 0.296. The molecule has 0 atom stereocenters. The van der Waals surface area contributed by atoms with Crippen molar-refractivity contribution >= 4 is 70.3 Å². The molecule has 1 amide bonds. The number of methoxy groups -OCH3 is 1. The molecular weight excluding hydrogens is 551 g/mol. The van der Waals surface area contributed by atoms with Gasteiger partial charge < -0.3 is 9.47 Å². The van der Waals surface area contributed by atoms with Gasteiger partial charge in [0, 0.05) is 44.4 Å². The minimum atomic E-state index is -0.462. The van der Waals surface area contributed by atoms with Crippen LogP contribution in [-0.4, -0.2) is 36.3 Å². The lowest BCUT2D eigenvalue weighted by Crippen LogP contribution is -2.12. The van der Waals surface area contributed by atoms with E-state index in [1.807, 2.05) is 17.5 Å². The van der Waals surface area contributed by atoms with Crippen molar-refractivity contribution in [2.24, 2.45) is 0 Å². The number of hydrogen-bond donors (Lipinski definition) is 2. The second-order valence-corrected chi connectivity index (χ2v) is 10.7. The number of thiol groups is 1. The Hall–Kier alpha value is -2.52. The van der Waals surface area contributed by atoms with E-state index in [9.17, 15) is 9.59 Å². The number of thiazole rings is 1. The predicted molar refractivity (Wildman–Crippen MR) is 154 cm³/mol. The molecule has 1 aliphatic rings. The van der Waals surface area contributed by atoms with Crippen molar-refractivity contribution in [1.29, 1.82) is 0 Å². The first-order chi connectivity index (χ1) is 17.7. The number of hydrogen-bond acceptors (Lipinski definition) is 7. The molecule has 3 aromatic rings. The fourth-order valence-electron chi connectivity index (χ4n) is 4.04. The van der Waals surface area contributed by atoms with E-state index < -0.39 is 11.9 Å². The number of ether oxygens (including phenoxy) is 2. The average Bonchev–Trinajstić information content (AvgIpc) is 3.56. The topological polar surface area (TPSA) is 77.5 Å². The zero-order valence-electron chi connectivity index (χ0n) is 20.6. The molecule has 0 radical (unpaired) electrons. The Morgan fingerprint density at radius 2 is 1.95 bits per heavy atom. The van der Waals surface area contributed by atoms with Crippen molar-refractivity contribution in [1.82, 2.24) is 4.98 Å². The second kappa shape index (κ2) is 11.5. The third-order valence-electron chi connectivity index (χ3n) is 6.25. The molecule has 37 heavy (non-hydrogen) atoms. The number of amides is 1. The van der Waals surface area contributed by atoms with Gasteiger partial charge in [0.25, 0.3) is 5.91 Å². The van der Waals surface area contributed by atoms with Crippen LogP contribution in [0.5, 0.6) is 5.75 Å². The Kier molecular flexibility index (Phi) is 8.53. The maximum absolute atomic E-state index is 13.0. The van der Waals surface area contributed by atoms with Gasteiger partial charge in [0.2, 0.25) is 0 Å². The zero-order chi connectivity index (χ0) is 26.7. The largest absolute Gasteiger partial charge is 0.496 e. The Morgan fingerprint density at radius 1 is 1.24 bits per heavy atom. The summed E-state index contributed by atoms with van der Waals surface area (Å²) < 4.78 is 10.8. The number of anilines is 1. The molecule has 1 N–H and O–H groups in total. The molecule has 1 aliphatic carbocycles. The van der Waals surface area contributed by atoms with Crippen molar-refractivity contribution in [3.63, 3.8) is 0 Å². The van der Waals surface area contributed by atoms with E-state index >= 15 is 0 Å². The summed E-state index contributed by atoms with van der Waals surface area (Å²) in [5, 5.41) is 5.59. The molecule has 4 rings (SSSR count). The fourth-order valence-corrected chi connectivity index (χ4v) is 5.83. The summed E-state index contributed by atoms with van der Waals surface area (Å²) in [6.45, 7) is 3.60. The summed E-state index contributed by atoms with van der Waals surface area (Å²) in [5.74, 6) is 0.677. The van der Waals surface area contributed by atoms with Gasteiger partial charge in [0.1, 0.15) is 5.75 Å². The molecule has 2 aromatic carbocycles. The summed E-state index contributed by atoms with van der Waals surface area (Å²) in [5.41, 5.74) is 3.80. The van der Waals surface area contributed by atoms with E-state index in [1.165, 1.54) is 23.5 Å². The monoisotopic (exact) mass is 576 g/mol. The lowest BCUT2D eigenvalue weighted by Gasteiger charge is -2.18. The zero-order valence-corrected chi connectivity index (χ0v) is 23.8. The van der Waals surface area contributed by atoms with Gasteiger partial charge in [-0.1, -0.05) is 35.3 Å². The Morgan fingerprint density at radius 3 is 2.54 bits per heavy atom. The van der Waals surface area contributed by atoms with Crippen molar-refractivity contribution in [3.8, 4) is 17.0 Å². The van der Waals surface area contributed by atoms with Crippen LogP contribution in [0.2, 0.25) is 10.0 Å². The van der Waals surface area contributed by atoms with Gasteiger partial charge in [0.15, 0.2) is 5.13 Å². The Balaban J connectivity index is 1.55. The van der Waals surface area contributed by atoms with Crippen LogP contribution < -0.4 is 10.1 Å². The molecule has 6 nitrogen and oxygen atoms in total. The van der Waals surface area contributed by atoms with Crippen LogP contribution in [-0.2, 0) is 14.9 Å². The van der Waals surface area contributed by atoms with Gasteiger partial charge in [-0.2, -0.15) is 12.6 Å². The minimum Gasteiger partial charge on any atom is -0.496 e. The SMILES string of the molecule is CCOC(=O)/C(C)=C/c1c(Cl)cc(C(=O)Nc2nc(-c3cccc(C4(CS)CC4)c3OC)cs2)cc1Cl. The van der Waals surface area contributed by atoms with E-state index in [1.54, 1.807) is 27.0 Å². The molecule has 1 heterocycles. The molecule has 1 fully saturated rings. The molecule has 1 aromatic heterocycles. The Bertz CT molecular complexity index is 1360. The van der Waals surface area contributed by atoms with E-state index in [2.05, 4.69) is 29.0 Å². The maximum atomic E-state index is 13.0. The third-order valence-corrected chi connectivity index (χ3v) is 8.24. The highest BCUT2D eigenvalue weighted by atomic mass is 35.5. The van der Waals surface area contributed by atoms with E-state index in [-0.39, 0.29) is 27.6 Å². The molecule has 194 valence electrons. The first-order valence-corrected chi connectivity index (χ1v) is 13.9. The van der Waals surface area contributed by atoms with Crippen LogP contribution in [0.3, 0.4) is 0 Å². The van der Waals surface area contributed by atoms with E-state index in [4.69, 9.17) is 32.7 Å². The van der Waals surface area contributed by atoms with Gasteiger partial charge in [-0.25, -0.2) is 9.78 Å². The third kappa shape index (κ3) is 5.82. The van der Waals surface area contributed by atoms with Gasteiger partial charge in [-0.05, 0) is 51.0 Å². The van der Waals surface area contributed by atoms with Gasteiger partial charge >= 0.3 is 5.97 Å². The summed E-state index contributed by atoms with van der Waals surface area (Å²) in [7, 11) is 1.66. The number of carbonyl (C=O) groups excluding carboxylic acids is 2. The standard InChI is InChI=1S/C27H26Cl2N2O4S2/c1-4-35-25(33)15(2)10-18-20(28)11-16(12-21(18)29)24(32)31-26-30-22(13-37-26)17-6-5-7-19(23(17)34-3)27(14-36)8-9-27/h5-7,10-13,36H,4,8-9,14H2,1-3H3,(H,30,31,32)/b15-10+. The molecule has 10 heteroatoms. The van der Waals surface area contributed by atoms with Crippen LogP contribution in [0.4, 0.5) is 5.13 Å². The number of rotatable bonds is 9. The summed E-state index contributed by atoms with van der Waals surface area (Å²) in [6.07, 6.45) is 3.70. The maximum Gasteiger partial charge on any atom is 0.333 e. The molecule has 0 saturated heterocycles. The Labute approximate surface area is 235 Å². The average molecular weight is 578 g/mol. The van der Waals surface area contributed by atoms with Gasteiger partial charge in [0.05, 0.1) is 29.5 Å². The number of esters is 1. The molecule has 0 unspecified atom stereocenters. The van der Waals surface area contributed by atoms with Crippen molar-refractivity contribution < 1.29 is 19.1 Å². The first-order valence-electron chi connectivity index (χ1n) is 11.6. The number of para-hydroxylation sites is 1. The number of aromatic nitrogens is 1. The molecule has 0 aliphatic heterocycles. The lowest BCUT2D eigenvalue weighted by molar-refractivity contribution is -0.138. The number of halogens is 2. The van der Waals surface area contributed by atoms with Gasteiger partial charge in [-0.15, -0.1) is 11.3 Å². The quantitative estimate of drug-likeness (QED) is 0.159. The van der Waals surface area contributed by atoms with Crippen LogP contribution in [0.1, 0.15) is 48.2 Å². The number of nitrogens with zero attached hydrogens (tertiary/aromatic N) is 1. The number of nitrogens with one attached hydrogen (secondary N) is 1. The molecule has 1 saturated carbocycles. The lowest BCUT2D eigenvalue weighted by atomic mass is 9.94. The first kappa shape index (κ1) is 27.5. The minimum absolute atomic E-state index is 0.0479. The van der Waals surface area contributed by atoms with Crippen LogP contribution in [0.25, 0.3) is 17.3 Å². The van der Waals surface area contributed by atoms with E-state index in [0.29, 0.717) is 22.0 Å². The molecular formula is C27H26Cl2N2O4S2. The van der Waals surface area contributed by atoms with Gasteiger partial charge in [-0.3, -0.25) is 10.1 Å². The summed E-state index contributed by atoms with van der Waals surface area (Å²) >= 11 is 18.7. The highest BCUT2D eigenvalue weighted by Crippen LogP contribution is 2.53. The molecule has 0 bridgehead atoms. The van der Waals surface area contributed by atoms with Crippen molar-refractivity contribution in [3.05, 3.63) is 68.0 Å². The smallest absolute Gasteiger partial charge is 0.333 e. The highest BCUT2D eigenvalue weighted by molar-refractivity contribution is 7.80. The number of carbonyl (C=O) groups is 2. The summed E-state index contributed by atoms with van der Waals surface area (Å²) in [6, 6.07) is 9.04. The normalized spacial score (nSPS) is 14.3. The van der Waals surface area contributed by atoms with Crippen LogP contribution >= 0.6 is 47.2 Å². The van der Waals surface area contributed by atoms with Crippen LogP contribution in [0, 0.1) is 0 Å². The summed E-state index contributed by atoms with van der Waals surface area (Å²) in [4.78, 5) is 29.5. The van der Waals surface area contributed by atoms with Crippen molar-refractivity contribution in [2.45, 2.75) is 32.1 Å². The van der Waals surface area contributed by atoms with Crippen molar-refractivity contribution in [2.75, 3.05) is 24.8 Å². The second-order valence-electron chi connectivity index (χ2n) is 8.72. The highest BCUT2D eigenvalue weighted by Gasteiger charge is 2.45. The molecule has 0 spiro atoms.